The lowest BCUT2D eigenvalue weighted by atomic mass is 10.1. The Hall–Kier alpha value is -2.67. The lowest BCUT2D eigenvalue weighted by Crippen LogP contribution is -2.16. The van der Waals surface area contributed by atoms with Crippen LogP contribution in [-0.2, 0) is 11.2 Å². The number of aryl methyl sites for hydroxylation is 1. The molecule has 1 aromatic heterocycles. The maximum Gasteiger partial charge on any atom is 0.311 e. The van der Waals surface area contributed by atoms with Crippen molar-refractivity contribution < 1.29 is 28.6 Å². The molecule has 0 aliphatic rings. The first kappa shape index (κ1) is 17.7. The van der Waals surface area contributed by atoms with Crippen molar-refractivity contribution >= 4 is 29.2 Å². The Kier molecular flexibility index (Phi) is 5.35. The van der Waals surface area contributed by atoms with Crippen LogP contribution in [0.4, 0.5) is 5.69 Å². The molecule has 0 saturated heterocycles. The number of furan rings is 1. The van der Waals surface area contributed by atoms with Crippen LogP contribution in [0, 0.1) is 6.92 Å². The highest BCUT2D eigenvalue weighted by molar-refractivity contribution is 6.32. The molecule has 1 amide bonds. The number of ether oxygens (including phenoxy) is 2. The van der Waals surface area contributed by atoms with E-state index in [1.165, 1.54) is 26.5 Å². The van der Waals surface area contributed by atoms with E-state index in [1.54, 1.807) is 13.0 Å². The summed E-state index contributed by atoms with van der Waals surface area (Å²) in [5.41, 5.74) is 1.03. The fraction of sp³-hybridized carbons (Fsp3) is 0.250. The average Bonchev–Trinajstić information content (AvgIpc) is 2.87. The molecule has 0 saturated carbocycles. The van der Waals surface area contributed by atoms with Crippen LogP contribution < -0.4 is 14.8 Å². The summed E-state index contributed by atoms with van der Waals surface area (Å²) in [6.07, 6.45) is 0.947. The number of carbonyl (C=O) groups excluding carboxylic acids is 1. The molecule has 24 heavy (non-hydrogen) atoms. The number of rotatable bonds is 6. The molecular weight excluding hydrogens is 338 g/mol. The number of methoxy groups -OCH3 is 2. The number of halogens is 1. The third-order valence-corrected chi connectivity index (χ3v) is 3.61. The van der Waals surface area contributed by atoms with Gasteiger partial charge in [0.1, 0.15) is 23.7 Å². The first-order valence-corrected chi connectivity index (χ1v) is 7.26. The smallest absolute Gasteiger partial charge is 0.311 e. The van der Waals surface area contributed by atoms with Crippen molar-refractivity contribution in [3.63, 3.8) is 0 Å². The summed E-state index contributed by atoms with van der Waals surface area (Å²) in [6, 6.07) is 3.03. The lowest BCUT2D eigenvalue weighted by Gasteiger charge is -2.13. The second-order valence-electron chi connectivity index (χ2n) is 4.93. The highest BCUT2D eigenvalue weighted by atomic mass is 35.5. The molecule has 2 N–H and O–H groups in total. The fourth-order valence-electron chi connectivity index (χ4n) is 2.21. The van der Waals surface area contributed by atoms with Gasteiger partial charge in [0.15, 0.2) is 0 Å². The summed E-state index contributed by atoms with van der Waals surface area (Å²) >= 11 is 6.07. The van der Waals surface area contributed by atoms with Gasteiger partial charge in [-0.15, -0.1) is 0 Å². The van der Waals surface area contributed by atoms with E-state index in [0.29, 0.717) is 27.8 Å². The summed E-state index contributed by atoms with van der Waals surface area (Å²) in [7, 11) is 2.91. The Balaban J connectivity index is 2.35. The van der Waals surface area contributed by atoms with Crippen molar-refractivity contribution in [3.8, 4) is 11.5 Å². The molecule has 1 aromatic carbocycles. The zero-order chi connectivity index (χ0) is 17.9. The molecule has 0 bridgehead atoms. The second-order valence-corrected chi connectivity index (χ2v) is 5.34. The number of carbonyl (C=O) groups is 2. The molecule has 128 valence electrons. The number of nitrogens with one attached hydrogen (secondary N) is 1. The number of carboxylic acids is 1. The van der Waals surface area contributed by atoms with Gasteiger partial charge in [-0.05, 0) is 13.0 Å². The topological polar surface area (TPSA) is 98.0 Å². The molecule has 1 heterocycles. The van der Waals surface area contributed by atoms with Gasteiger partial charge >= 0.3 is 5.97 Å². The Morgan fingerprint density at radius 2 is 1.92 bits per heavy atom. The molecule has 8 heteroatoms. The zero-order valence-corrected chi connectivity index (χ0v) is 14.1. The van der Waals surface area contributed by atoms with Gasteiger partial charge in [0.2, 0.25) is 0 Å². The van der Waals surface area contributed by atoms with Crippen molar-refractivity contribution in [1.82, 2.24) is 0 Å². The Morgan fingerprint density at radius 1 is 1.25 bits per heavy atom. The molecule has 0 aliphatic carbocycles. The minimum absolute atomic E-state index is 0.0797. The summed E-state index contributed by atoms with van der Waals surface area (Å²) in [5, 5.41) is 11.9. The summed E-state index contributed by atoms with van der Waals surface area (Å²) in [6.45, 7) is 1.65. The first-order valence-electron chi connectivity index (χ1n) is 6.89. The van der Waals surface area contributed by atoms with Crippen molar-refractivity contribution in [2.75, 3.05) is 19.5 Å². The Bertz CT molecular complexity index is 783. The predicted octanol–water partition coefficient (Wildman–Crippen LogP) is 3.14. The van der Waals surface area contributed by atoms with E-state index in [0.717, 1.165) is 0 Å². The molecule has 0 atom stereocenters. The van der Waals surface area contributed by atoms with Crippen LogP contribution in [0.5, 0.6) is 11.5 Å². The van der Waals surface area contributed by atoms with Crippen molar-refractivity contribution in [1.29, 1.82) is 0 Å². The molecular formula is C16H16ClNO6. The number of hydrogen-bond acceptors (Lipinski definition) is 5. The van der Waals surface area contributed by atoms with Crippen LogP contribution >= 0.6 is 11.6 Å². The molecule has 0 aliphatic heterocycles. The number of anilines is 1. The van der Waals surface area contributed by atoms with E-state index in [9.17, 15) is 9.59 Å². The third-order valence-electron chi connectivity index (χ3n) is 3.31. The molecule has 0 spiro atoms. The monoisotopic (exact) mass is 353 g/mol. The number of carboxylic acid groups (broad SMARTS) is 1. The number of amides is 1. The standard InChI is InChI=1S/C16H16ClNO6/c1-8-7-24-13(6-14(19)20)15(8)16(21)18-10-4-9(17)11(22-2)5-12(10)23-3/h4-5,7H,6H2,1-3H3,(H,18,21)(H,19,20). The van der Waals surface area contributed by atoms with Crippen molar-refractivity contribution in [2.45, 2.75) is 13.3 Å². The van der Waals surface area contributed by atoms with Crippen LogP contribution in [-0.4, -0.2) is 31.2 Å². The Morgan fingerprint density at radius 3 is 2.50 bits per heavy atom. The van der Waals surface area contributed by atoms with Crippen LogP contribution in [0.3, 0.4) is 0 Å². The summed E-state index contributed by atoms with van der Waals surface area (Å²) in [4.78, 5) is 23.4. The molecule has 0 radical (unpaired) electrons. The SMILES string of the molecule is COc1cc(OC)c(NC(=O)c2c(C)coc2CC(=O)O)cc1Cl. The number of benzene rings is 1. The van der Waals surface area contributed by atoms with Gasteiger partial charge < -0.3 is 24.3 Å². The van der Waals surface area contributed by atoms with Crippen molar-refractivity contribution in [2.24, 2.45) is 0 Å². The molecule has 2 rings (SSSR count). The summed E-state index contributed by atoms with van der Waals surface area (Å²) in [5.74, 6) is -0.778. The largest absolute Gasteiger partial charge is 0.495 e. The predicted molar refractivity (Wildman–Crippen MR) is 87.3 cm³/mol. The maximum absolute atomic E-state index is 12.5. The van der Waals surface area contributed by atoms with Gasteiger partial charge in [-0.25, -0.2) is 0 Å². The zero-order valence-electron chi connectivity index (χ0n) is 13.3. The molecule has 0 fully saturated rings. The van der Waals surface area contributed by atoms with E-state index >= 15 is 0 Å². The van der Waals surface area contributed by atoms with Crippen LogP contribution in [0.2, 0.25) is 5.02 Å². The summed E-state index contributed by atoms with van der Waals surface area (Å²) < 4.78 is 15.5. The molecule has 0 unspecified atom stereocenters. The minimum Gasteiger partial charge on any atom is -0.495 e. The third kappa shape index (κ3) is 3.62. The van der Waals surface area contributed by atoms with Gasteiger partial charge in [0, 0.05) is 11.6 Å². The van der Waals surface area contributed by atoms with E-state index in [2.05, 4.69) is 5.32 Å². The number of aliphatic carboxylic acids is 1. The number of hydrogen-bond donors (Lipinski definition) is 2. The normalized spacial score (nSPS) is 10.3. The van der Waals surface area contributed by atoms with E-state index in [-0.39, 0.29) is 11.3 Å². The molecule has 7 nitrogen and oxygen atoms in total. The van der Waals surface area contributed by atoms with Gasteiger partial charge in [-0.3, -0.25) is 9.59 Å². The highest BCUT2D eigenvalue weighted by Gasteiger charge is 2.22. The second kappa shape index (κ2) is 7.27. The van der Waals surface area contributed by atoms with E-state index in [1.807, 2.05) is 0 Å². The van der Waals surface area contributed by atoms with E-state index in [4.69, 9.17) is 30.6 Å². The van der Waals surface area contributed by atoms with E-state index < -0.39 is 18.3 Å². The van der Waals surface area contributed by atoms with Crippen molar-refractivity contribution in [3.05, 3.63) is 40.3 Å². The average molecular weight is 354 g/mol. The van der Waals surface area contributed by atoms with Gasteiger partial charge in [0.05, 0.1) is 36.8 Å². The first-order chi connectivity index (χ1) is 11.4. The van der Waals surface area contributed by atoms with Crippen LogP contribution in [0.25, 0.3) is 0 Å². The van der Waals surface area contributed by atoms with Gasteiger partial charge in [0.25, 0.3) is 5.91 Å². The minimum atomic E-state index is -1.09. The molecule has 2 aromatic rings. The lowest BCUT2D eigenvalue weighted by molar-refractivity contribution is -0.136. The van der Waals surface area contributed by atoms with Crippen LogP contribution in [0.1, 0.15) is 21.7 Å². The Labute approximate surface area is 143 Å². The maximum atomic E-state index is 12.5. The van der Waals surface area contributed by atoms with Crippen LogP contribution in [0.15, 0.2) is 22.8 Å². The highest BCUT2D eigenvalue weighted by Crippen LogP contribution is 2.36. The van der Waals surface area contributed by atoms with Gasteiger partial charge in [-0.1, -0.05) is 11.6 Å². The van der Waals surface area contributed by atoms with Gasteiger partial charge in [-0.2, -0.15) is 0 Å². The fourth-order valence-corrected chi connectivity index (χ4v) is 2.45. The quantitative estimate of drug-likeness (QED) is 0.827.